The first-order valence-corrected chi connectivity index (χ1v) is 10.8. The highest BCUT2D eigenvalue weighted by molar-refractivity contribution is 5.77. The molecule has 30 heavy (non-hydrogen) atoms. The van der Waals surface area contributed by atoms with Gasteiger partial charge in [-0.05, 0) is 66.4 Å². The Morgan fingerprint density at radius 3 is 2.37 bits per heavy atom. The maximum atomic E-state index is 12.7. The van der Waals surface area contributed by atoms with Crippen molar-refractivity contribution in [3.05, 3.63) is 35.9 Å². The molecule has 1 fully saturated rings. The number of rotatable bonds is 7. The number of aliphatic hydroxyl groups is 1. The molecule has 1 N–H and O–H groups in total. The molecule has 1 amide bonds. The highest BCUT2D eigenvalue weighted by Gasteiger charge is 2.53. The first-order valence-electron chi connectivity index (χ1n) is 10.8. The third kappa shape index (κ3) is 5.75. The van der Waals surface area contributed by atoms with E-state index in [2.05, 4.69) is 12.1 Å². The van der Waals surface area contributed by atoms with E-state index < -0.39 is 28.5 Å². The van der Waals surface area contributed by atoms with Gasteiger partial charge in [-0.2, -0.15) is 0 Å². The van der Waals surface area contributed by atoms with E-state index in [4.69, 9.17) is 9.47 Å². The summed E-state index contributed by atoms with van der Waals surface area (Å²) in [4.78, 5) is 26.9. The summed E-state index contributed by atoms with van der Waals surface area (Å²) in [6.45, 7) is 11.8. The summed E-state index contributed by atoms with van der Waals surface area (Å²) >= 11 is 0. The summed E-state index contributed by atoms with van der Waals surface area (Å²) in [5.41, 5.74) is -1.14. The van der Waals surface area contributed by atoms with E-state index in [0.29, 0.717) is 25.9 Å². The van der Waals surface area contributed by atoms with Crippen LogP contribution in [-0.4, -0.2) is 53.5 Å². The second-order valence-electron chi connectivity index (χ2n) is 9.84. The van der Waals surface area contributed by atoms with Crippen molar-refractivity contribution in [1.82, 2.24) is 4.90 Å². The van der Waals surface area contributed by atoms with E-state index in [9.17, 15) is 14.7 Å². The molecule has 1 aliphatic rings. The van der Waals surface area contributed by atoms with Crippen LogP contribution in [0.1, 0.15) is 59.9 Å². The zero-order valence-corrected chi connectivity index (χ0v) is 19.2. The Labute approximate surface area is 180 Å². The molecule has 1 heterocycles. The largest absolute Gasteiger partial charge is 0.466 e. The maximum Gasteiger partial charge on any atom is 0.410 e. The summed E-state index contributed by atoms with van der Waals surface area (Å²) in [6, 6.07) is 10.1. The number of ether oxygens (including phenoxy) is 2. The second kappa shape index (κ2) is 9.38. The van der Waals surface area contributed by atoms with Gasteiger partial charge >= 0.3 is 12.1 Å². The molecule has 0 radical (unpaired) electrons. The minimum absolute atomic E-state index is 0.260. The summed E-state index contributed by atoms with van der Waals surface area (Å²) in [6.07, 6.45) is 0.660. The van der Waals surface area contributed by atoms with Crippen LogP contribution >= 0.6 is 0 Å². The zero-order chi connectivity index (χ0) is 22.6. The Morgan fingerprint density at radius 1 is 1.17 bits per heavy atom. The third-order valence-corrected chi connectivity index (χ3v) is 5.86. The number of nitrogens with zero attached hydrogens (tertiary/aromatic N) is 1. The van der Waals surface area contributed by atoms with Crippen LogP contribution in [0.25, 0.3) is 0 Å². The van der Waals surface area contributed by atoms with Gasteiger partial charge in [0, 0.05) is 18.5 Å². The monoisotopic (exact) mass is 419 g/mol. The van der Waals surface area contributed by atoms with E-state index in [-0.39, 0.29) is 12.7 Å². The fourth-order valence-corrected chi connectivity index (χ4v) is 4.17. The van der Waals surface area contributed by atoms with Crippen LogP contribution in [0.5, 0.6) is 0 Å². The van der Waals surface area contributed by atoms with Gasteiger partial charge in [0.2, 0.25) is 0 Å². The number of carbonyl (C=O) groups excluding carboxylic acids is 2. The van der Waals surface area contributed by atoms with Gasteiger partial charge in [-0.1, -0.05) is 30.3 Å². The van der Waals surface area contributed by atoms with E-state index in [1.54, 1.807) is 25.7 Å². The first kappa shape index (κ1) is 24.2. The fraction of sp³-hybridized carbons (Fsp3) is 0.667. The lowest BCUT2D eigenvalue weighted by Gasteiger charge is -2.42. The molecular weight excluding hydrogens is 382 g/mol. The van der Waals surface area contributed by atoms with Crippen LogP contribution < -0.4 is 0 Å². The quantitative estimate of drug-likeness (QED) is 0.671. The number of amides is 1. The summed E-state index contributed by atoms with van der Waals surface area (Å²) in [7, 11) is 0. The first-order chi connectivity index (χ1) is 13.9. The van der Waals surface area contributed by atoms with Gasteiger partial charge in [-0.15, -0.1) is 0 Å². The van der Waals surface area contributed by atoms with Crippen molar-refractivity contribution < 1.29 is 24.2 Å². The van der Waals surface area contributed by atoms with Gasteiger partial charge in [0.25, 0.3) is 0 Å². The normalized spacial score (nSPS) is 20.7. The lowest BCUT2D eigenvalue weighted by molar-refractivity contribution is -0.167. The topological polar surface area (TPSA) is 76.1 Å². The van der Waals surface area contributed by atoms with Crippen molar-refractivity contribution >= 4 is 12.1 Å². The van der Waals surface area contributed by atoms with Crippen molar-refractivity contribution in [2.45, 2.75) is 72.5 Å². The van der Waals surface area contributed by atoms with Gasteiger partial charge in [0.05, 0.1) is 18.1 Å². The Morgan fingerprint density at radius 2 is 1.80 bits per heavy atom. The standard InChI is InChI=1S/C24H37NO5/c1-7-29-20(27)23(5,6)19(26)24(14-13-18-11-9-8-10-12-18)15-16-25(17-24)21(28)30-22(2,3)4/h8-12,19,26H,7,13-17H2,1-6H3. The molecule has 0 aliphatic carbocycles. The fourth-order valence-electron chi connectivity index (χ4n) is 4.17. The molecule has 0 bridgehead atoms. The molecule has 1 aromatic carbocycles. The number of esters is 1. The number of carbonyl (C=O) groups is 2. The van der Waals surface area contributed by atoms with Gasteiger partial charge in [-0.3, -0.25) is 4.79 Å². The molecule has 2 atom stereocenters. The average Bonchev–Trinajstić information content (AvgIpc) is 3.11. The van der Waals surface area contributed by atoms with Crippen LogP contribution in [0.2, 0.25) is 0 Å². The second-order valence-corrected chi connectivity index (χ2v) is 9.84. The summed E-state index contributed by atoms with van der Waals surface area (Å²) < 4.78 is 10.8. The molecule has 1 aromatic rings. The lowest BCUT2D eigenvalue weighted by Crippen LogP contribution is -2.51. The molecule has 6 heteroatoms. The number of aryl methyl sites for hydroxylation is 1. The van der Waals surface area contributed by atoms with Crippen molar-refractivity contribution in [3.8, 4) is 0 Å². The highest BCUT2D eigenvalue weighted by Crippen LogP contribution is 2.45. The maximum absolute atomic E-state index is 12.7. The highest BCUT2D eigenvalue weighted by atomic mass is 16.6. The zero-order valence-electron chi connectivity index (χ0n) is 19.2. The molecule has 0 aromatic heterocycles. The van der Waals surface area contributed by atoms with Crippen LogP contribution in [0, 0.1) is 10.8 Å². The molecule has 1 saturated heterocycles. The molecule has 0 spiro atoms. The molecule has 2 rings (SSSR count). The van der Waals surface area contributed by atoms with Crippen LogP contribution in [0.4, 0.5) is 4.79 Å². The van der Waals surface area contributed by atoms with Gasteiger partial charge in [-0.25, -0.2) is 4.79 Å². The van der Waals surface area contributed by atoms with E-state index >= 15 is 0 Å². The SMILES string of the molecule is CCOC(=O)C(C)(C)C(O)C1(CCc2ccccc2)CCN(C(=O)OC(C)(C)C)C1. The van der Waals surface area contributed by atoms with E-state index in [1.807, 2.05) is 39.0 Å². The van der Waals surface area contributed by atoms with Gasteiger partial charge in [0.1, 0.15) is 5.60 Å². The van der Waals surface area contributed by atoms with Crippen molar-refractivity contribution in [2.75, 3.05) is 19.7 Å². The smallest absolute Gasteiger partial charge is 0.410 e. The van der Waals surface area contributed by atoms with Crippen LogP contribution in [0.15, 0.2) is 30.3 Å². The number of benzene rings is 1. The minimum Gasteiger partial charge on any atom is -0.466 e. The van der Waals surface area contributed by atoms with Crippen molar-refractivity contribution in [3.63, 3.8) is 0 Å². The average molecular weight is 420 g/mol. The molecule has 6 nitrogen and oxygen atoms in total. The van der Waals surface area contributed by atoms with Crippen LogP contribution in [0.3, 0.4) is 0 Å². The number of aliphatic hydroxyl groups excluding tert-OH is 1. The van der Waals surface area contributed by atoms with E-state index in [0.717, 1.165) is 12.0 Å². The molecular formula is C24H37NO5. The van der Waals surface area contributed by atoms with E-state index in [1.165, 1.54) is 0 Å². The Kier molecular flexibility index (Phi) is 7.56. The van der Waals surface area contributed by atoms with Crippen LogP contribution in [-0.2, 0) is 20.7 Å². The number of hydrogen-bond donors (Lipinski definition) is 1. The summed E-state index contributed by atoms with van der Waals surface area (Å²) in [5.74, 6) is -0.424. The van der Waals surface area contributed by atoms with Gasteiger partial charge in [0.15, 0.2) is 0 Å². The molecule has 168 valence electrons. The predicted molar refractivity (Wildman–Crippen MR) is 116 cm³/mol. The van der Waals surface area contributed by atoms with Gasteiger partial charge < -0.3 is 19.5 Å². The molecule has 0 saturated carbocycles. The Bertz CT molecular complexity index is 725. The number of likely N-dealkylation sites (tertiary alicyclic amines) is 1. The summed E-state index contributed by atoms with van der Waals surface area (Å²) in [5, 5.41) is 11.5. The minimum atomic E-state index is -1.09. The van der Waals surface area contributed by atoms with Crippen molar-refractivity contribution in [2.24, 2.45) is 10.8 Å². The molecule has 1 aliphatic heterocycles. The Hall–Kier alpha value is -2.08. The number of hydrogen-bond acceptors (Lipinski definition) is 5. The Balaban J connectivity index is 2.27. The van der Waals surface area contributed by atoms with Crippen molar-refractivity contribution in [1.29, 1.82) is 0 Å². The predicted octanol–water partition coefficient (Wildman–Crippen LogP) is 4.20. The molecule has 2 unspecified atom stereocenters. The lowest BCUT2D eigenvalue weighted by atomic mass is 9.66. The third-order valence-electron chi connectivity index (χ3n) is 5.86.